The van der Waals surface area contributed by atoms with Crippen LogP contribution in [0.2, 0.25) is 0 Å². The summed E-state index contributed by atoms with van der Waals surface area (Å²) in [6.45, 7) is 6.97. The number of benzene rings is 1. The lowest BCUT2D eigenvalue weighted by Gasteiger charge is -2.27. The molecule has 1 fully saturated rings. The van der Waals surface area contributed by atoms with Gasteiger partial charge in [0.15, 0.2) is 0 Å². The lowest BCUT2D eigenvalue weighted by molar-refractivity contribution is 0.0947. The number of nitrogens with one attached hydrogen (secondary N) is 1. The smallest absolute Gasteiger partial charge is 0.124 e. The zero-order valence-corrected chi connectivity index (χ0v) is 11.9. The quantitative estimate of drug-likeness (QED) is 0.633. The van der Waals surface area contributed by atoms with Gasteiger partial charge in [0.1, 0.15) is 5.75 Å². The van der Waals surface area contributed by atoms with E-state index in [2.05, 4.69) is 18.4 Å². The van der Waals surface area contributed by atoms with Crippen molar-refractivity contribution in [2.24, 2.45) is 11.8 Å². The topological polar surface area (TPSA) is 56.5 Å². The molecule has 0 bridgehead atoms. The third-order valence-corrected chi connectivity index (χ3v) is 3.66. The van der Waals surface area contributed by atoms with Crippen molar-refractivity contribution in [1.29, 1.82) is 0 Å². The normalized spacial score (nSPS) is 24.7. The number of hydrogen-bond acceptors (Lipinski definition) is 4. The summed E-state index contributed by atoms with van der Waals surface area (Å²) < 4.78 is 11.5. The molecule has 0 aromatic heterocycles. The molecule has 1 heterocycles. The maximum absolute atomic E-state index is 5.89. The lowest BCUT2D eigenvalue weighted by atomic mass is 9.88. The summed E-state index contributed by atoms with van der Waals surface area (Å²) in [5, 5.41) is 0. The Morgan fingerprint density at radius 3 is 2.68 bits per heavy atom. The number of hydrazine groups is 1. The molecule has 1 aromatic rings. The first-order valence-corrected chi connectivity index (χ1v) is 6.96. The summed E-state index contributed by atoms with van der Waals surface area (Å²) in [5.41, 5.74) is 4.06. The maximum atomic E-state index is 5.89. The molecule has 3 atom stereocenters. The van der Waals surface area contributed by atoms with Crippen molar-refractivity contribution < 1.29 is 9.47 Å². The van der Waals surface area contributed by atoms with Crippen LogP contribution in [0.3, 0.4) is 0 Å². The highest BCUT2D eigenvalue weighted by molar-refractivity contribution is 5.36. The zero-order chi connectivity index (χ0) is 13.8. The summed E-state index contributed by atoms with van der Waals surface area (Å²) in [6, 6.07) is 8.15. The van der Waals surface area contributed by atoms with Crippen molar-refractivity contribution in [3.63, 3.8) is 0 Å². The van der Waals surface area contributed by atoms with Crippen LogP contribution in [0.4, 0.5) is 0 Å². The summed E-state index contributed by atoms with van der Waals surface area (Å²) in [6.07, 6.45) is 1.39. The maximum Gasteiger partial charge on any atom is 0.124 e. The van der Waals surface area contributed by atoms with Gasteiger partial charge in [-0.05, 0) is 33.3 Å². The van der Waals surface area contributed by atoms with E-state index in [-0.39, 0.29) is 18.2 Å². The number of hydrogen-bond donors (Lipinski definition) is 2. The Hall–Kier alpha value is -1.10. The Kier molecular flexibility index (Phi) is 4.80. The van der Waals surface area contributed by atoms with E-state index in [1.54, 1.807) is 0 Å². The van der Waals surface area contributed by atoms with E-state index < -0.39 is 0 Å². The first kappa shape index (κ1) is 14.3. The number of nitrogens with two attached hydrogens (primary N) is 1. The van der Waals surface area contributed by atoms with Gasteiger partial charge < -0.3 is 9.47 Å². The second-order valence-corrected chi connectivity index (χ2v) is 5.38. The van der Waals surface area contributed by atoms with Gasteiger partial charge in [-0.3, -0.25) is 11.3 Å². The predicted octanol–water partition coefficient (Wildman–Crippen LogP) is 2.40. The molecular weight excluding hydrogens is 240 g/mol. The molecule has 0 aliphatic carbocycles. The minimum atomic E-state index is 0.0625. The van der Waals surface area contributed by atoms with E-state index in [0.29, 0.717) is 5.92 Å². The van der Waals surface area contributed by atoms with Crippen LogP contribution in [0, 0.1) is 5.92 Å². The van der Waals surface area contributed by atoms with Gasteiger partial charge in [0, 0.05) is 18.1 Å². The van der Waals surface area contributed by atoms with Gasteiger partial charge in [-0.15, -0.1) is 0 Å². The predicted molar refractivity (Wildman–Crippen MR) is 75.8 cm³/mol. The van der Waals surface area contributed by atoms with Crippen LogP contribution in [-0.2, 0) is 4.74 Å². The average Bonchev–Trinajstić information content (AvgIpc) is 2.78. The molecule has 2 rings (SSSR count). The first-order chi connectivity index (χ1) is 9.13. The number of para-hydroxylation sites is 1. The summed E-state index contributed by atoms with van der Waals surface area (Å²) in [7, 11) is 0. The fourth-order valence-electron chi connectivity index (χ4n) is 2.73. The minimum absolute atomic E-state index is 0.0625. The highest BCUT2D eigenvalue weighted by Crippen LogP contribution is 2.36. The van der Waals surface area contributed by atoms with Gasteiger partial charge in [-0.2, -0.15) is 0 Å². The zero-order valence-electron chi connectivity index (χ0n) is 11.9. The third kappa shape index (κ3) is 3.26. The molecule has 19 heavy (non-hydrogen) atoms. The van der Waals surface area contributed by atoms with Crippen LogP contribution in [0.1, 0.15) is 38.8 Å². The van der Waals surface area contributed by atoms with Gasteiger partial charge in [0.25, 0.3) is 0 Å². The lowest BCUT2D eigenvalue weighted by Crippen LogP contribution is -2.36. The van der Waals surface area contributed by atoms with Crippen molar-refractivity contribution in [2.75, 3.05) is 6.61 Å². The van der Waals surface area contributed by atoms with E-state index >= 15 is 0 Å². The van der Waals surface area contributed by atoms with Crippen LogP contribution in [-0.4, -0.2) is 18.8 Å². The van der Waals surface area contributed by atoms with E-state index in [1.807, 2.05) is 32.0 Å². The number of rotatable bonds is 5. The summed E-state index contributed by atoms with van der Waals surface area (Å²) in [4.78, 5) is 0. The molecule has 0 radical (unpaired) electrons. The molecule has 4 nitrogen and oxygen atoms in total. The van der Waals surface area contributed by atoms with Gasteiger partial charge in [-0.25, -0.2) is 0 Å². The standard InChI is InChI=1S/C15H24N2O2/c1-10(2)19-14-7-5-4-6-13(14)15(17-16)12-8-9-18-11(12)3/h4-7,10-12,15,17H,8-9,16H2,1-3H3. The fraction of sp³-hybridized carbons (Fsp3) is 0.600. The monoisotopic (exact) mass is 264 g/mol. The molecule has 0 amide bonds. The van der Waals surface area contributed by atoms with E-state index in [4.69, 9.17) is 15.3 Å². The number of ether oxygens (including phenoxy) is 2. The van der Waals surface area contributed by atoms with E-state index in [1.165, 1.54) is 0 Å². The highest BCUT2D eigenvalue weighted by atomic mass is 16.5. The summed E-state index contributed by atoms with van der Waals surface area (Å²) in [5.74, 6) is 7.06. The molecule has 3 unspecified atom stereocenters. The molecule has 3 N–H and O–H groups in total. The molecule has 1 saturated heterocycles. The Balaban J connectivity index is 2.27. The second-order valence-electron chi connectivity index (χ2n) is 5.38. The van der Waals surface area contributed by atoms with Crippen LogP contribution >= 0.6 is 0 Å². The Labute approximate surface area is 115 Å². The van der Waals surface area contributed by atoms with Crippen LogP contribution < -0.4 is 16.0 Å². The molecular formula is C15H24N2O2. The third-order valence-electron chi connectivity index (χ3n) is 3.66. The Bertz CT molecular complexity index is 409. The highest BCUT2D eigenvalue weighted by Gasteiger charge is 2.33. The molecule has 1 aliphatic heterocycles. The molecule has 4 heteroatoms. The van der Waals surface area contributed by atoms with Gasteiger partial charge >= 0.3 is 0 Å². The Morgan fingerprint density at radius 2 is 2.11 bits per heavy atom. The average molecular weight is 264 g/mol. The van der Waals surface area contributed by atoms with Crippen molar-refractivity contribution in [1.82, 2.24) is 5.43 Å². The van der Waals surface area contributed by atoms with Crippen LogP contribution in [0.25, 0.3) is 0 Å². The van der Waals surface area contributed by atoms with E-state index in [0.717, 1.165) is 24.3 Å². The molecule has 106 valence electrons. The first-order valence-electron chi connectivity index (χ1n) is 6.96. The van der Waals surface area contributed by atoms with Gasteiger partial charge in [0.05, 0.1) is 18.2 Å². The second kappa shape index (κ2) is 6.37. The van der Waals surface area contributed by atoms with E-state index in [9.17, 15) is 0 Å². The van der Waals surface area contributed by atoms with Crippen molar-refractivity contribution in [2.45, 2.75) is 45.4 Å². The SMILES string of the molecule is CC(C)Oc1ccccc1C(NN)C1CCOC1C. The van der Waals surface area contributed by atoms with Crippen LogP contribution in [0.15, 0.2) is 24.3 Å². The molecule has 1 aromatic carbocycles. The Morgan fingerprint density at radius 1 is 1.37 bits per heavy atom. The largest absolute Gasteiger partial charge is 0.491 e. The summed E-state index contributed by atoms with van der Waals surface area (Å²) >= 11 is 0. The molecule has 0 spiro atoms. The minimum Gasteiger partial charge on any atom is -0.491 e. The molecule has 1 aliphatic rings. The fourth-order valence-corrected chi connectivity index (χ4v) is 2.73. The van der Waals surface area contributed by atoms with Gasteiger partial charge in [-0.1, -0.05) is 18.2 Å². The molecule has 0 saturated carbocycles. The van der Waals surface area contributed by atoms with Crippen LogP contribution in [0.5, 0.6) is 5.75 Å². The van der Waals surface area contributed by atoms with Gasteiger partial charge in [0.2, 0.25) is 0 Å². The van der Waals surface area contributed by atoms with Crippen molar-refractivity contribution >= 4 is 0 Å². The van der Waals surface area contributed by atoms with Crippen molar-refractivity contribution in [3.8, 4) is 5.75 Å². The van der Waals surface area contributed by atoms with Crippen molar-refractivity contribution in [3.05, 3.63) is 29.8 Å².